The van der Waals surface area contributed by atoms with Crippen molar-refractivity contribution >= 4 is 5.69 Å². The first-order chi connectivity index (χ1) is 8.02. The summed E-state index contributed by atoms with van der Waals surface area (Å²) < 4.78 is 37.6. The van der Waals surface area contributed by atoms with Crippen molar-refractivity contribution in [3.8, 4) is 0 Å². The highest BCUT2D eigenvalue weighted by Crippen LogP contribution is 2.38. The Morgan fingerprint density at radius 1 is 1.35 bits per heavy atom. The van der Waals surface area contributed by atoms with Crippen LogP contribution in [-0.4, -0.2) is 18.3 Å². The van der Waals surface area contributed by atoms with Crippen molar-refractivity contribution in [2.75, 3.05) is 18.5 Å². The summed E-state index contributed by atoms with van der Waals surface area (Å²) in [5.74, 6) is 0.151. The zero-order chi connectivity index (χ0) is 12.5. The van der Waals surface area contributed by atoms with Gasteiger partial charge in [-0.1, -0.05) is 6.07 Å². The molecular weight excluding hydrogens is 231 g/mol. The van der Waals surface area contributed by atoms with Gasteiger partial charge >= 0.3 is 6.18 Å². The summed E-state index contributed by atoms with van der Waals surface area (Å²) in [5.41, 5.74) is 0.788. The van der Waals surface area contributed by atoms with Crippen LogP contribution in [0.4, 0.5) is 18.9 Å². The second kappa shape index (κ2) is 4.56. The van der Waals surface area contributed by atoms with Gasteiger partial charge in [0.25, 0.3) is 0 Å². The number of alkyl halides is 3. The van der Waals surface area contributed by atoms with Gasteiger partial charge in [0.05, 0.1) is 5.56 Å². The molecule has 0 radical (unpaired) electrons. The summed E-state index contributed by atoms with van der Waals surface area (Å²) in [6.07, 6.45) is -2.86. The second-order valence-corrected chi connectivity index (χ2v) is 4.22. The smallest absolute Gasteiger partial charge is 0.396 e. The van der Waals surface area contributed by atoms with Gasteiger partial charge in [0.1, 0.15) is 0 Å². The fourth-order valence-corrected chi connectivity index (χ4v) is 2.23. The van der Waals surface area contributed by atoms with E-state index in [0.29, 0.717) is 18.7 Å². The van der Waals surface area contributed by atoms with E-state index in [4.69, 9.17) is 5.11 Å². The van der Waals surface area contributed by atoms with Crippen LogP contribution in [0.1, 0.15) is 29.9 Å². The van der Waals surface area contributed by atoms with Crippen LogP contribution >= 0.6 is 0 Å². The van der Waals surface area contributed by atoms with Crippen LogP contribution in [0.2, 0.25) is 0 Å². The molecule has 2 N–H and O–H groups in total. The number of aliphatic hydroxyl groups excluding tert-OH is 1. The van der Waals surface area contributed by atoms with Gasteiger partial charge in [-0.15, -0.1) is 0 Å². The summed E-state index contributed by atoms with van der Waals surface area (Å²) in [6.45, 7) is 0.712. The summed E-state index contributed by atoms with van der Waals surface area (Å²) in [5, 5.41) is 11.9. The van der Waals surface area contributed by atoms with Crippen molar-refractivity contribution < 1.29 is 18.3 Å². The van der Waals surface area contributed by atoms with E-state index in [1.54, 1.807) is 0 Å². The molecule has 0 bridgehead atoms. The van der Waals surface area contributed by atoms with Gasteiger partial charge < -0.3 is 10.4 Å². The molecule has 5 heteroatoms. The molecule has 0 aromatic heterocycles. The molecule has 0 amide bonds. The normalized spacial score (nSPS) is 19.6. The molecule has 94 valence electrons. The average Bonchev–Trinajstić information content (AvgIpc) is 2.28. The molecule has 1 aromatic rings. The van der Waals surface area contributed by atoms with Gasteiger partial charge in [-0.25, -0.2) is 0 Å². The number of rotatable bonds is 2. The molecule has 0 spiro atoms. The fraction of sp³-hybridized carbons (Fsp3) is 0.500. The zero-order valence-corrected chi connectivity index (χ0v) is 9.22. The van der Waals surface area contributed by atoms with Crippen LogP contribution < -0.4 is 5.32 Å². The summed E-state index contributed by atoms with van der Waals surface area (Å²) >= 11 is 0. The van der Waals surface area contributed by atoms with E-state index in [-0.39, 0.29) is 12.5 Å². The first-order valence-corrected chi connectivity index (χ1v) is 5.58. The van der Waals surface area contributed by atoms with Crippen molar-refractivity contribution in [1.82, 2.24) is 0 Å². The maximum atomic E-state index is 12.5. The molecule has 1 aliphatic rings. The van der Waals surface area contributed by atoms with E-state index in [2.05, 4.69) is 5.32 Å². The fourth-order valence-electron chi connectivity index (χ4n) is 2.23. The third-order valence-corrected chi connectivity index (χ3v) is 3.11. The largest absolute Gasteiger partial charge is 0.416 e. The second-order valence-electron chi connectivity index (χ2n) is 4.22. The standard InChI is InChI=1S/C12H14F3NO/c13-12(14,15)9-1-2-10-8(4-6-17)3-5-16-11(10)7-9/h1-2,7-8,16-17H,3-6H2. The van der Waals surface area contributed by atoms with Crippen LogP contribution in [0.3, 0.4) is 0 Å². The van der Waals surface area contributed by atoms with Crippen molar-refractivity contribution in [2.24, 2.45) is 0 Å². The van der Waals surface area contributed by atoms with E-state index < -0.39 is 11.7 Å². The maximum absolute atomic E-state index is 12.5. The highest BCUT2D eigenvalue weighted by molar-refractivity contribution is 5.57. The molecule has 2 rings (SSSR count). The molecule has 0 fully saturated rings. The third kappa shape index (κ3) is 2.54. The number of hydrogen-bond donors (Lipinski definition) is 2. The van der Waals surface area contributed by atoms with Crippen LogP contribution in [0, 0.1) is 0 Å². The first kappa shape index (κ1) is 12.2. The topological polar surface area (TPSA) is 32.3 Å². The Bertz CT molecular complexity index is 403. The van der Waals surface area contributed by atoms with E-state index in [9.17, 15) is 13.2 Å². The Hall–Kier alpha value is -1.23. The van der Waals surface area contributed by atoms with E-state index >= 15 is 0 Å². The minimum absolute atomic E-state index is 0.0606. The summed E-state index contributed by atoms with van der Waals surface area (Å²) in [6, 6.07) is 3.78. The summed E-state index contributed by atoms with van der Waals surface area (Å²) in [7, 11) is 0. The number of anilines is 1. The number of hydrogen-bond acceptors (Lipinski definition) is 2. The van der Waals surface area contributed by atoms with Gasteiger partial charge in [-0.05, 0) is 36.5 Å². The molecule has 1 aromatic carbocycles. The average molecular weight is 245 g/mol. The van der Waals surface area contributed by atoms with Gasteiger partial charge in [-0.2, -0.15) is 13.2 Å². The minimum atomic E-state index is -4.30. The molecule has 2 nitrogen and oxygen atoms in total. The van der Waals surface area contributed by atoms with Crippen LogP contribution in [-0.2, 0) is 6.18 Å². The maximum Gasteiger partial charge on any atom is 0.416 e. The number of aliphatic hydroxyl groups is 1. The van der Waals surface area contributed by atoms with Gasteiger partial charge in [0, 0.05) is 18.8 Å². The lowest BCUT2D eigenvalue weighted by molar-refractivity contribution is -0.137. The molecule has 0 aliphatic carbocycles. The van der Waals surface area contributed by atoms with Crippen LogP contribution in [0.15, 0.2) is 18.2 Å². The van der Waals surface area contributed by atoms with Crippen molar-refractivity contribution in [1.29, 1.82) is 0 Å². The SMILES string of the molecule is OCCC1CCNc2cc(C(F)(F)F)ccc21. The van der Waals surface area contributed by atoms with E-state index in [1.807, 2.05) is 0 Å². The zero-order valence-electron chi connectivity index (χ0n) is 9.22. The molecule has 0 saturated carbocycles. The predicted octanol–water partition coefficient (Wildman–Crippen LogP) is 2.99. The van der Waals surface area contributed by atoms with E-state index in [1.165, 1.54) is 6.07 Å². The van der Waals surface area contributed by atoms with Gasteiger partial charge in [0.15, 0.2) is 0 Å². The molecular formula is C12H14F3NO. The number of halogens is 3. The monoisotopic (exact) mass is 245 g/mol. The lowest BCUT2D eigenvalue weighted by atomic mass is 9.88. The van der Waals surface area contributed by atoms with Crippen molar-refractivity contribution in [3.63, 3.8) is 0 Å². The first-order valence-electron chi connectivity index (χ1n) is 5.58. The lowest BCUT2D eigenvalue weighted by Crippen LogP contribution is -2.18. The molecule has 1 heterocycles. The molecule has 0 saturated heterocycles. The third-order valence-electron chi connectivity index (χ3n) is 3.11. The Labute approximate surface area is 97.5 Å². The van der Waals surface area contributed by atoms with Crippen molar-refractivity contribution in [3.05, 3.63) is 29.3 Å². The Kier molecular flexibility index (Phi) is 3.28. The lowest BCUT2D eigenvalue weighted by Gasteiger charge is -2.27. The Balaban J connectivity index is 2.33. The molecule has 17 heavy (non-hydrogen) atoms. The number of benzene rings is 1. The Morgan fingerprint density at radius 2 is 2.12 bits per heavy atom. The predicted molar refractivity (Wildman–Crippen MR) is 59.0 cm³/mol. The van der Waals surface area contributed by atoms with E-state index in [0.717, 1.165) is 24.1 Å². The van der Waals surface area contributed by atoms with Crippen LogP contribution in [0.5, 0.6) is 0 Å². The molecule has 1 aliphatic heterocycles. The molecule has 1 atom stereocenters. The minimum Gasteiger partial charge on any atom is -0.396 e. The van der Waals surface area contributed by atoms with Crippen LogP contribution in [0.25, 0.3) is 0 Å². The molecule has 1 unspecified atom stereocenters. The quantitative estimate of drug-likeness (QED) is 0.839. The Morgan fingerprint density at radius 3 is 2.76 bits per heavy atom. The number of nitrogens with one attached hydrogen (secondary N) is 1. The number of fused-ring (bicyclic) bond motifs is 1. The highest BCUT2D eigenvalue weighted by atomic mass is 19.4. The van der Waals surface area contributed by atoms with Gasteiger partial charge in [0.2, 0.25) is 0 Å². The van der Waals surface area contributed by atoms with Crippen molar-refractivity contribution in [2.45, 2.75) is 24.9 Å². The summed E-state index contributed by atoms with van der Waals surface area (Å²) in [4.78, 5) is 0. The highest BCUT2D eigenvalue weighted by Gasteiger charge is 2.32. The van der Waals surface area contributed by atoms with Gasteiger partial charge in [-0.3, -0.25) is 0 Å².